The molecule has 0 spiro atoms. The second kappa shape index (κ2) is 4.77. The number of hydrogen-bond donors (Lipinski definition) is 0. The fourth-order valence-corrected chi connectivity index (χ4v) is 1.52. The first-order valence-corrected chi connectivity index (χ1v) is 5.32. The van der Waals surface area contributed by atoms with Gasteiger partial charge in [-0.05, 0) is 40.2 Å². The minimum atomic E-state index is 0.924. The van der Waals surface area contributed by atoms with E-state index in [9.17, 15) is 0 Å². The Labute approximate surface area is 97.3 Å². The Kier molecular flexibility index (Phi) is 3.16. The van der Waals surface area contributed by atoms with E-state index >= 15 is 0 Å². The molecule has 0 aliphatic heterocycles. The summed E-state index contributed by atoms with van der Waals surface area (Å²) in [6, 6.07) is 11.7. The van der Waals surface area contributed by atoms with Gasteiger partial charge in [0, 0.05) is 28.0 Å². The molecule has 15 heavy (non-hydrogen) atoms. The topological polar surface area (TPSA) is 12.9 Å². The summed E-state index contributed by atoms with van der Waals surface area (Å²) in [4.78, 5) is 4.01. The molecule has 0 radical (unpaired) electrons. The normalized spacial score (nSPS) is 9.13. The molecule has 0 saturated carbocycles. The smallest absolute Gasteiger partial charge is 0.0432 e. The largest absolute Gasteiger partial charge is 0.263 e. The molecule has 0 saturated heterocycles. The molecule has 1 aromatic carbocycles. The van der Waals surface area contributed by atoms with Gasteiger partial charge in [0.05, 0.1) is 0 Å². The van der Waals surface area contributed by atoms with Gasteiger partial charge in [0.15, 0.2) is 0 Å². The van der Waals surface area contributed by atoms with E-state index in [0.29, 0.717) is 0 Å². The molecule has 0 fully saturated rings. The monoisotopic (exact) mass is 257 g/mol. The highest BCUT2D eigenvalue weighted by Crippen LogP contribution is 2.14. The van der Waals surface area contributed by atoms with E-state index in [1.165, 1.54) is 0 Å². The van der Waals surface area contributed by atoms with Crippen LogP contribution in [0.2, 0.25) is 0 Å². The highest BCUT2D eigenvalue weighted by atomic mass is 79.9. The van der Waals surface area contributed by atoms with Gasteiger partial charge in [0.2, 0.25) is 0 Å². The minimum Gasteiger partial charge on any atom is -0.263 e. The van der Waals surface area contributed by atoms with Crippen LogP contribution >= 0.6 is 15.9 Å². The molecule has 2 heteroatoms. The molecule has 72 valence electrons. The molecule has 1 heterocycles. The quantitative estimate of drug-likeness (QED) is 0.661. The second-order valence-electron chi connectivity index (χ2n) is 2.97. The molecule has 0 N–H and O–H groups in total. The number of aromatic nitrogens is 1. The van der Waals surface area contributed by atoms with Crippen molar-refractivity contribution in [2.75, 3.05) is 0 Å². The molecule has 0 aliphatic carbocycles. The van der Waals surface area contributed by atoms with E-state index in [0.717, 1.165) is 15.6 Å². The van der Waals surface area contributed by atoms with Gasteiger partial charge in [0.25, 0.3) is 0 Å². The van der Waals surface area contributed by atoms with Gasteiger partial charge in [-0.1, -0.05) is 24.0 Å². The zero-order valence-corrected chi connectivity index (χ0v) is 9.53. The van der Waals surface area contributed by atoms with Crippen LogP contribution in [-0.2, 0) is 0 Å². The van der Waals surface area contributed by atoms with Crippen molar-refractivity contribution in [1.82, 2.24) is 4.98 Å². The number of nitrogens with zero attached hydrogens (tertiary/aromatic N) is 1. The standard InChI is InChI=1S/C13H8BrN/c14-13-6-2-1-5-12(13)8-7-11-4-3-9-15-10-11/h1-6,9-10H. The number of pyridine rings is 1. The molecule has 0 aliphatic rings. The van der Waals surface area contributed by atoms with Gasteiger partial charge < -0.3 is 0 Å². The Morgan fingerprint density at radius 1 is 1.00 bits per heavy atom. The molecular weight excluding hydrogens is 250 g/mol. The van der Waals surface area contributed by atoms with Crippen LogP contribution in [0.1, 0.15) is 11.1 Å². The molecule has 0 atom stereocenters. The molecule has 0 bridgehead atoms. The highest BCUT2D eigenvalue weighted by Gasteiger charge is 1.92. The van der Waals surface area contributed by atoms with Crippen molar-refractivity contribution in [3.05, 3.63) is 64.4 Å². The number of benzene rings is 1. The SMILES string of the molecule is Brc1ccccc1C#Cc1cccnc1. The predicted molar refractivity (Wildman–Crippen MR) is 64.4 cm³/mol. The van der Waals surface area contributed by atoms with Crippen LogP contribution in [0.4, 0.5) is 0 Å². The van der Waals surface area contributed by atoms with Gasteiger partial charge in [-0.2, -0.15) is 0 Å². The summed E-state index contributed by atoms with van der Waals surface area (Å²) >= 11 is 3.45. The van der Waals surface area contributed by atoms with Crippen molar-refractivity contribution < 1.29 is 0 Å². The van der Waals surface area contributed by atoms with Crippen molar-refractivity contribution in [2.45, 2.75) is 0 Å². The van der Waals surface area contributed by atoms with Crippen LogP contribution in [0.5, 0.6) is 0 Å². The first-order valence-electron chi connectivity index (χ1n) is 4.53. The lowest BCUT2D eigenvalue weighted by atomic mass is 10.2. The highest BCUT2D eigenvalue weighted by molar-refractivity contribution is 9.10. The van der Waals surface area contributed by atoms with Crippen molar-refractivity contribution in [1.29, 1.82) is 0 Å². The molecular formula is C13H8BrN. The summed E-state index contributed by atoms with van der Waals surface area (Å²) < 4.78 is 1.02. The molecule has 1 aromatic heterocycles. The summed E-state index contributed by atoms with van der Waals surface area (Å²) in [5.41, 5.74) is 1.91. The minimum absolute atomic E-state index is 0.924. The fraction of sp³-hybridized carbons (Fsp3) is 0. The average molecular weight is 258 g/mol. The Bertz CT molecular complexity index is 509. The maximum atomic E-state index is 4.01. The molecule has 0 unspecified atom stereocenters. The van der Waals surface area contributed by atoms with E-state index in [1.54, 1.807) is 12.4 Å². The van der Waals surface area contributed by atoms with Crippen molar-refractivity contribution in [3.63, 3.8) is 0 Å². The van der Waals surface area contributed by atoms with Gasteiger partial charge in [-0.15, -0.1) is 0 Å². The lowest BCUT2D eigenvalue weighted by Gasteiger charge is -1.93. The Morgan fingerprint density at radius 3 is 2.60 bits per heavy atom. The Hall–Kier alpha value is -1.59. The van der Waals surface area contributed by atoms with Crippen molar-refractivity contribution >= 4 is 15.9 Å². The first kappa shape index (κ1) is 9.95. The number of hydrogen-bond acceptors (Lipinski definition) is 1. The molecule has 2 rings (SSSR count). The first-order chi connectivity index (χ1) is 7.36. The third-order valence-electron chi connectivity index (χ3n) is 1.88. The number of halogens is 1. The van der Waals surface area contributed by atoms with Crippen LogP contribution in [-0.4, -0.2) is 4.98 Å². The molecule has 0 amide bonds. The van der Waals surface area contributed by atoms with E-state index in [2.05, 4.69) is 32.8 Å². The summed E-state index contributed by atoms with van der Waals surface area (Å²) in [6.45, 7) is 0. The summed E-state index contributed by atoms with van der Waals surface area (Å²) in [5.74, 6) is 6.15. The second-order valence-corrected chi connectivity index (χ2v) is 3.83. The molecule has 2 aromatic rings. The average Bonchev–Trinajstić information content (AvgIpc) is 2.29. The van der Waals surface area contributed by atoms with Crippen molar-refractivity contribution in [3.8, 4) is 11.8 Å². The van der Waals surface area contributed by atoms with E-state index in [1.807, 2.05) is 36.4 Å². The predicted octanol–water partition coefficient (Wildman–Crippen LogP) is 3.24. The van der Waals surface area contributed by atoms with Gasteiger partial charge in [0.1, 0.15) is 0 Å². The van der Waals surface area contributed by atoms with Gasteiger partial charge in [-0.3, -0.25) is 4.98 Å². The Balaban J connectivity index is 2.31. The zero-order chi connectivity index (χ0) is 10.5. The lowest BCUT2D eigenvalue weighted by molar-refractivity contribution is 1.31. The van der Waals surface area contributed by atoms with Crippen LogP contribution < -0.4 is 0 Å². The van der Waals surface area contributed by atoms with Gasteiger partial charge in [-0.25, -0.2) is 0 Å². The van der Waals surface area contributed by atoms with Crippen LogP contribution in [0.3, 0.4) is 0 Å². The van der Waals surface area contributed by atoms with E-state index in [4.69, 9.17) is 0 Å². The lowest BCUT2D eigenvalue weighted by Crippen LogP contribution is -1.78. The van der Waals surface area contributed by atoms with Crippen molar-refractivity contribution in [2.24, 2.45) is 0 Å². The summed E-state index contributed by atoms with van der Waals surface area (Å²) in [5, 5.41) is 0. The maximum Gasteiger partial charge on any atom is 0.0432 e. The third-order valence-corrected chi connectivity index (χ3v) is 2.57. The van der Waals surface area contributed by atoms with Crippen LogP contribution in [0.25, 0.3) is 0 Å². The van der Waals surface area contributed by atoms with Crippen LogP contribution in [0, 0.1) is 11.8 Å². The van der Waals surface area contributed by atoms with Gasteiger partial charge >= 0.3 is 0 Å². The fourth-order valence-electron chi connectivity index (χ4n) is 1.14. The third kappa shape index (κ3) is 2.68. The maximum absolute atomic E-state index is 4.01. The van der Waals surface area contributed by atoms with Crippen LogP contribution in [0.15, 0.2) is 53.3 Å². The molecule has 1 nitrogen and oxygen atoms in total. The van der Waals surface area contributed by atoms with E-state index < -0.39 is 0 Å². The number of rotatable bonds is 0. The van der Waals surface area contributed by atoms with E-state index in [-0.39, 0.29) is 0 Å². The summed E-state index contributed by atoms with van der Waals surface area (Å²) in [6.07, 6.45) is 3.49. The Morgan fingerprint density at radius 2 is 1.87 bits per heavy atom. The summed E-state index contributed by atoms with van der Waals surface area (Å²) in [7, 11) is 0. The zero-order valence-electron chi connectivity index (χ0n) is 7.94.